The lowest BCUT2D eigenvalue weighted by Crippen LogP contribution is -2.21. The summed E-state index contributed by atoms with van der Waals surface area (Å²) in [4.78, 5) is 11.2. The van der Waals surface area contributed by atoms with Gasteiger partial charge in [-0.3, -0.25) is 4.79 Å². The van der Waals surface area contributed by atoms with Gasteiger partial charge in [-0.25, -0.2) is 0 Å². The standard InChI is InChI=1S/C9H14N2O2/c1-4-10-9(12)8-5-7(6(2)3)11-13-8/h5-6H,4H2,1-3H3,(H,10,12). The minimum atomic E-state index is -0.207. The first-order chi connectivity index (χ1) is 6.15. The van der Waals surface area contributed by atoms with Gasteiger partial charge in [-0.2, -0.15) is 0 Å². The second-order valence-electron chi connectivity index (χ2n) is 3.13. The van der Waals surface area contributed by atoms with Crippen molar-refractivity contribution in [2.75, 3.05) is 6.54 Å². The van der Waals surface area contributed by atoms with Crippen molar-refractivity contribution in [3.63, 3.8) is 0 Å². The second kappa shape index (κ2) is 4.07. The molecule has 0 aromatic carbocycles. The highest BCUT2D eigenvalue weighted by atomic mass is 16.5. The number of carbonyl (C=O) groups excluding carboxylic acids is 1. The molecule has 1 amide bonds. The number of amides is 1. The van der Waals surface area contributed by atoms with E-state index in [9.17, 15) is 4.79 Å². The van der Waals surface area contributed by atoms with Gasteiger partial charge in [-0.15, -0.1) is 0 Å². The third-order valence-corrected chi connectivity index (χ3v) is 1.68. The van der Waals surface area contributed by atoms with Gasteiger partial charge in [0, 0.05) is 12.6 Å². The van der Waals surface area contributed by atoms with E-state index in [1.165, 1.54) is 0 Å². The van der Waals surface area contributed by atoms with Crippen LogP contribution < -0.4 is 5.32 Å². The van der Waals surface area contributed by atoms with Crippen molar-refractivity contribution in [2.45, 2.75) is 26.7 Å². The van der Waals surface area contributed by atoms with Crippen LogP contribution in [0, 0.1) is 0 Å². The molecule has 1 aromatic heterocycles. The molecule has 72 valence electrons. The van der Waals surface area contributed by atoms with Crippen LogP contribution in [0.1, 0.15) is 42.9 Å². The Morgan fingerprint density at radius 1 is 1.69 bits per heavy atom. The maximum atomic E-state index is 11.2. The summed E-state index contributed by atoms with van der Waals surface area (Å²) in [6.07, 6.45) is 0. The summed E-state index contributed by atoms with van der Waals surface area (Å²) in [6, 6.07) is 1.68. The van der Waals surface area contributed by atoms with Gasteiger partial charge in [0.05, 0.1) is 5.69 Å². The number of carbonyl (C=O) groups is 1. The fourth-order valence-corrected chi connectivity index (χ4v) is 0.916. The van der Waals surface area contributed by atoms with Gasteiger partial charge in [-0.05, 0) is 12.8 Å². The van der Waals surface area contributed by atoms with Gasteiger partial charge in [0.25, 0.3) is 5.91 Å². The molecule has 0 fully saturated rings. The summed E-state index contributed by atoms with van der Waals surface area (Å²) >= 11 is 0. The third kappa shape index (κ3) is 2.31. The van der Waals surface area contributed by atoms with E-state index in [-0.39, 0.29) is 17.6 Å². The Labute approximate surface area is 77.3 Å². The van der Waals surface area contributed by atoms with Gasteiger partial charge in [0.2, 0.25) is 5.76 Å². The minimum absolute atomic E-state index is 0.207. The van der Waals surface area contributed by atoms with E-state index in [1.807, 2.05) is 20.8 Å². The zero-order valence-corrected chi connectivity index (χ0v) is 8.13. The predicted octanol–water partition coefficient (Wildman–Crippen LogP) is 1.55. The zero-order chi connectivity index (χ0) is 9.84. The van der Waals surface area contributed by atoms with Crippen LogP contribution in [0.5, 0.6) is 0 Å². The molecule has 0 spiro atoms. The van der Waals surface area contributed by atoms with Crippen molar-refractivity contribution in [3.8, 4) is 0 Å². The molecule has 1 heterocycles. The third-order valence-electron chi connectivity index (χ3n) is 1.68. The molecule has 0 saturated carbocycles. The first-order valence-corrected chi connectivity index (χ1v) is 4.40. The minimum Gasteiger partial charge on any atom is -0.351 e. The molecule has 1 rings (SSSR count). The maximum Gasteiger partial charge on any atom is 0.289 e. The number of nitrogens with zero attached hydrogens (tertiary/aromatic N) is 1. The van der Waals surface area contributed by atoms with Crippen LogP contribution in [0.4, 0.5) is 0 Å². The van der Waals surface area contributed by atoms with E-state index in [0.717, 1.165) is 5.69 Å². The average Bonchev–Trinajstić information content (AvgIpc) is 2.52. The summed E-state index contributed by atoms with van der Waals surface area (Å²) in [6.45, 7) is 6.45. The molecular weight excluding hydrogens is 168 g/mol. The highest BCUT2D eigenvalue weighted by Crippen LogP contribution is 2.13. The normalized spacial score (nSPS) is 10.5. The molecule has 13 heavy (non-hydrogen) atoms. The lowest BCUT2D eigenvalue weighted by atomic mass is 10.1. The van der Waals surface area contributed by atoms with E-state index < -0.39 is 0 Å². The lowest BCUT2D eigenvalue weighted by molar-refractivity contribution is 0.0919. The van der Waals surface area contributed by atoms with E-state index in [2.05, 4.69) is 10.5 Å². The summed E-state index contributed by atoms with van der Waals surface area (Å²) in [7, 11) is 0. The summed E-state index contributed by atoms with van der Waals surface area (Å²) in [5.74, 6) is 0.361. The van der Waals surface area contributed by atoms with Gasteiger partial charge < -0.3 is 9.84 Å². The van der Waals surface area contributed by atoms with Crippen LogP contribution in [0.25, 0.3) is 0 Å². The van der Waals surface area contributed by atoms with Crippen molar-refractivity contribution >= 4 is 5.91 Å². The number of hydrogen-bond acceptors (Lipinski definition) is 3. The Kier molecular flexibility index (Phi) is 3.06. The van der Waals surface area contributed by atoms with E-state index in [1.54, 1.807) is 6.07 Å². The van der Waals surface area contributed by atoms with Crippen molar-refractivity contribution < 1.29 is 9.32 Å². The Balaban J connectivity index is 2.73. The Morgan fingerprint density at radius 2 is 2.38 bits per heavy atom. The topological polar surface area (TPSA) is 55.1 Å². The van der Waals surface area contributed by atoms with Crippen molar-refractivity contribution in [1.82, 2.24) is 10.5 Å². The molecule has 0 aliphatic carbocycles. The van der Waals surface area contributed by atoms with Crippen LogP contribution >= 0.6 is 0 Å². The number of aromatic nitrogens is 1. The second-order valence-corrected chi connectivity index (χ2v) is 3.13. The summed E-state index contributed by atoms with van der Waals surface area (Å²) in [5, 5.41) is 6.42. The molecular formula is C9H14N2O2. The first-order valence-electron chi connectivity index (χ1n) is 4.40. The average molecular weight is 182 g/mol. The highest BCUT2D eigenvalue weighted by molar-refractivity contribution is 5.91. The monoisotopic (exact) mass is 182 g/mol. The van der Waals surface area contributed by atoms with Crippen LogP contribution in [0.3, 0.4) is 0 Å². The molecule has 0 aliphatic heterocycles. The largest absolute Gasteiger partial charge is 0.351 e. The van der Waals surface area contributed by atoms with Crippen LogP contribution in [-0.4, -0.2) is 17.6 Å². The van der Waals surface area contributed by atoms with E-state index in [0.29, 0.717) is 6.54 Å². The summed E-state index contributed by atoms with van der Waals surface area (Å²) < 4.78 is 4.88. The number of rotatable bonds is 3. The van der Waals surface area contributed by atoms with Gasteiger partial charge in [0.1, 0.15) is 0 Å². The molecule has 0 bridgehead atoms. The number of hydrogen-bond donors (Lipinski definition) is 1. The molecule has 0 radical (unpaired) electrons. The lowest BCUT2D eigenvalue weighted by Gasteiger charge is -1.95. The van der Waals surface area contributed by atoms with Gasteiger partial charge in [-0.1, -0.05) is 19.0 Å². The van der Waals surface area contributed by atoms with Gasteiger partial charge in [0.15, 0.2) is 0 Å². The Hall–Kier alpha value is -1.32. The first kappa shape index (κ1) is 9.77. The quantitative estimate of drug-likeness (QED) is 0.771. The Morgan fingerprint density at radius 3 is 2.85 bits per heavy atom. The van der Waals surface area contributed by atoms with Crippen LogP contribution in [0.15, 0.2) is 10.6 Å². The van der Waals surface area contributed by atoms with Crippen molar-refractivity contribution in [2.24, 2.45) is 0 Å². The number of nitrogens with one attached hydrogen (secondary N) is 1. The molecule has 0 aliphatic rings. The zero-order valence-electron chi connectivity index (χ0n) is 8.13. The Bertz CT molecular complexity index is 292. The fraction of sp³-hybridized carbons (Fsp3) is 0.556. The van der Waals surface area contributed by atoms with E-state index in [4.69, 9.17) is 4.52 Å². The summed E-state index contributed by atoms with van der Waals surface area (Å²) in [5.41, 5.74) is 0.807. The molecule has 4 nitrogen and oxygen atoms in total. The van der Waals surface area contributed by atoms with Crippen LogP contribution in [-0.2, 0) is 0 Å². The highest BCUT2D eigenvalue weighted by Gasteiger charge is 2.13. The van der Waals surface area contributed by atoms with Crippen LogP contribution in [0.2, 0.25) is 0 Å². The van der Waals surface area contributed by atoms with Crippen molar-refractivity contribution in [1.29, 1.82) is 0 Å². The van der Waals surface area contributed by atoms with Gasteiger partial charge >= 0.3 is 0 Å². The molecule has 1 aromatic rings. The molecule has 0 unspecified atom stereocenters. The smallest absolute Gasteiger partial charge is 0.289 e. The van der Waals surface area contributed by atoms with E-state index >= 15 is 0 Å². The fourth-order valence-electron chi connectivity index (χ4n) is 0.916. The van der Waals surface area contributed by atoms with Crippen molar-refractivity contribution in [3.05, 3.63) is 17.5 Å². The molecule has 1 N–H and O–H groups in total. The molecule has 0 saturated heterocycles. The molecule has 4 heteroatoms. The maximum absolute atomic E-state index is 11.2. The predicted molar refractivity (Wildman–Crippen MR) is 48.6 cm³/mol. The SMILES string of the molecule is CCNC(=O)c1cc(C(C)C)no1. The molecule has 0 atom stereocenters.